The highest BCUT2D eigenvalue weighted by molar-refractivity contribution is 5.76. The first-order valence-electron chi connectivity index (χ1n) is 8.34. The van der Waals surface area contributed by atoms with Crippen LogP contribution < -0.4 is 5.32 Å². The molecule has 1 aliphatic carbocycles. The van der Waals surface area contributed by atoms with Gasteiger partial charge >= 0.3 is 0 Å². The first-order chi connectivity index (χ1) is 10.6. The lowest BCUT2D eigenvalue weighted by atomic mass is 9.96. The average Bonchev–Trinajstić information content (AvgIpc) is 2.91. The van der Waals surface area contributed by atoms with Gasteiger partial charge in [0.15, 0.2) is 0 Å². The topological polar surface area (TPSA) is 29.1 Å². The Morgan fingerprint density at radius 1 is 1.27 bits per heavy atom. The number of hydrogen-bond acceptors (Lipinski definition) is 1. The summed E-state index contributed by atoms with van der Waals surface area (Å²) in [5, 5.41) is 3.06. The van der Waals surface area contributed by atoms with Crippen molar-refractivity contribution in [3.8, 4) is 0 Å². The maximum atomic E-state index is 13.5. The minimum Gasteiger partial charge on any atom is -0.353 e. The lowest BCUT2D eigenvalue weighted by Gasteiger charge is -2.21. The third kappa shape index (κ3) is 4.52. The molecule has 0 saturated heterocycles. The first-order valence-corrected chi connectivity index (χ1v) is 8.34. The van der Waals surface area contributed by atoms with Crippen LogP contribution in [0.5, 0.6) is 0 Å². The lowest BCUT2D eigenvalue weighted by molar-refractivity contribution is -0.122. The summed E-state index contributed by atoms with van der Waals surface area (Å²) in [7, 11) is 0. The summed E-state index contributed by atoms with van der Waals surface area (Å²) in [6, 6.07) is 4.04. The molecule has 1 aromatic rings. The minimum absolute atomic E-state index is 0.00612. The second kappa shape index (κ2) is 8.25. The first kappa shape index (κ1) is 16.9. The van der Waals surface area contributed by atoms with Crippen LogP contribution in [0.3, 0.4) is 0 Å². The predicted molar refractivity (Wildman–Crippen MR) is 83.5 cm³/mol. The van der Waals surface area contributed by atoms with Gasteiger partial charge in [-0.1, -0.05) is 32.3 Å². The van der Waals surface area contributed by atoms with Gasteiger partial charge in [0.2, 0.25) is 5.91 Å². The summed E-state index contributed by atoms with van der Waals surface area (Å²) < 4.78 is 27.1. The Morgan fingerprint density at radius 2 is 2.00 bits per heavy atom. The standard InChI is InChI=1S/C18H25F2NO/c1-2-3-6-13-7-4-10-17(13)21-18(22)12-11-14-15(19)8-5-9-16(14)20/h5,8-9,13,17H,2-4,6-7,10-12H2,1H3,(H,21,22). The van der Waals surface area contributed by atoms with Crippen LogP contribution in [0.2, 0.25) is 0 Å². The number of halogens is 2. The van der Waals surface area contributed by atoms with Gasteiger partial charge in [-0.3, -0.25) is 4.79 Å². The molecule has 1 amide bonds. The van der Waals surface area contributed by atoms with Crippen LogP contribution in [-0.2, 0) is 11.2 Å². The van der Waals surface area contributed by atoms with E-state index in [2.05, 4.69) is 12.2 Å². The molecule has 0 bridgehead atoms. The molecular weight excluding hydrogens is 284 g/mol. The molecule has 2 nitrogen and oxygen atoms in total. The van der Waals surface area contributed by atoms with E-state index in [0.29, 0.717) is 5.92 Å². The van der Waals surface area contributed by atoms with Crippen LogP contribution in [0.1, 0.15) is 57.4 Å². The number of nitrogens with one attached hydrogen (secondary N) is 1. The van der Waals surface area contributed by atoms with E-state index < -0.39 is 11.6 Å². The van der Waals surface area contributed by atoms with Gasteiger partial charge in [-0.05, 0) is 43.7 Å². The quantitative estimate of drug-likeness (QED) is 0.796. The van der Waals surface area contributed by atoms with E-state index in [-0.39, 0.29) is 30.4 Å². The second-order valence-electron chi connectivity index (χ2n) is 6.21. The Labute approximate surface area is 131 Å². The molecule has 122 valence electrons. The van der Waals surface area contributed by atoms with Crippen LogP contribution in [-0.4, -0.2) is 11.9 Å². The Morgan fingerprint density at radius 3 is 2.68 bits per heavy atom. The molecule has 2 unspecified atom stereocenters. The zero-order valence-corrected chi connectivity index (χ0v) is 13.2. The highest BCUT2D eigenvalue weighted by atomic mass is 19.1. The average molecular weight is 309 g/mol. The van der Waals surface area contributed by atoms with Crippen molar-refractivity contribution in [1.82, 2.24) is 5.32 Å². The summed E-state index contributed by atoms with van der Waals surface area (Å²) in [4.78, 5) is 12.1. The van der Waals surface area contributed by atoms with Crippen molar-refractivity contribution in [2.75, 3.05) is 0 Å². The van der Waals surface area contributed by atoms with Gasteiger partial charge in [-0.2, -0.15) is 0 Å². The van der Waals surface area contributed by atoms with Crippen molar-refractivity contribution < 1.29 is 13.6 Å². The molecule has 0 aliphatic heterocycles. The number of hydrogen-bond donors (Lipinski definition) is 1. The number of rotatable bonds is 7. The maximum Gasteiger partial charge on any atom is 0.220 e. The number of carbonyl (C=O) groups is 1. The van der Waals surface area contributed by atoms with Crippen LogP contribution in [0.25, 0.3) is 0 Å². The normalized spacial score (nSPS) is 21.0. The van der Waals surface area contributed by atoms with Crippen molar-refractivity contribution in [3.63, 3.8) is 0 Å². The van der Waals surface area contributed by atoms with Crippen LogP contribution >= 0.6 is 0 Å². The molecule has 1 aliphatic rings. The molecule has 4 heteroatoms. The van der Waals surface area contributed by atoms with Gasteiger partial charge in [-0.15, -0.1) is 0 Å². The Hall–Kier alpha value is -1.45. The van der Waals surface area contributed by atoms with Gasteiger partial charge in [0, 0.05) is 18.0 Å². The van der Waals surface area contributed by atoms with Gasteiger partial charge in [0.05, 0.1) is 0 Å². The molecule has 2 atom stereocenters. The van der Waals surface area contributed by atoms with E-state index in [4.69, 9.17) is 0 Å². The van der Waals surface area contributed by atoms with Crippen molar-refractivity contribution in [3.05, 3.63) is 35.4 Å². The largest absolute Gasteiger partial charge is 0.353 e. The van der Waals surface area contributed by atoms with Crippen molar-refractivity contribution in [1.29, 1.82) is 0 Å². The second-order valence-corrected chi connectivity index (χ2v) is 6.21. The van der Waals surface area contributed by atoms with Gasteiger partial charge < -0.3 is 5.32 Å². The van der Waals surface area contributed by atoms with E-state index in [1.54, 1.807) is 0 Å². The molecule has 22 heavy (non-hydrogen) atoms. The highest BCUT2D eigenvalue weighted by Gasteiger charge is 2.27. The number of unbranched alkanes of at least 4 members (excludes halogenated alkanes) is 1. The highest BCUT2D eigenvalue weighted by Crippen LogP contribution is 2.30. The summed E-state index contributed by atoms with van der Waals surface area (Å²) in [5.74, 6) is -0.686. The fourth-order valence-electron chi connectivity index (χ4n) is 3.33. The monoisotopic (exact) mass is 309 g/mol. The molecule has 2 rings (SSSR count). The van der Waals surface area contributed by atoms with E-state index in [1.165, 1.54) is 37.5 Å². The SMILES string of the molecule is CCCCC1CCCC1NC(=O)CCc1c(F)cccc1F. The lowest BCUT2D eigenvalue weighted by Crippen LogP contribution is -2.37. The molecule has 1 aromatic carbocycles. The zero-order chi connectivity index (χ0) is 15.9. The van der Waals surface area contributed by atoms with Gasteiger partial charge in [0.1, 0.15) is 11.6 Å². The van der Waals surface area contributed by atoms with Gasteiger partial charge in [-0.25, -0.2) is 8.78 Å². The molecule has 0 heterocycles. The molecule has 1 N–H and O–H groups in total. The summed E-state index contributed by atoms with van der Waals surface area (Å²) >= 11 is 0. The van der Waals surface area contributed by atoms with E-state index in [9.17, 15) is 13.6 Å². The summed E-state index contributed by atoms with van der Waals surface area (Å²) in [6.07, 6.45) is 7.11. The van der Waals surface area contributed by atoms with Crippen LogP contribution in [0.4, 0.5) is 8.78 Å². The third-order valence-corrected chi connectivity index (χ3v) is 4.60. The number of benzene rings is 1. The van der Waals surface area contributed by atoms with E-state index >= 15 is 0 Å². The molecule has 0 radical (unpaired) electrons. The molecule has 1 saturated carbocycles. The fraction of sp³-hybridized carbons (Fsp3) is 0.611. The Balaban J connectivity index is 1.82. The maximum absolute atomic E-state index is 13.5. The predicted octanol–water partition coefficient (Wildman–Crippen LogP) is 4.37. The zero-order valence-electron chi connectivity index (χ0n) is 13.2. The summed E-state index contributed by atoms with van der Waals surface area (Å²) in [6.45, 7) is 2.17. The smallest absolute Gasteiger partial charge is 0.220 e. The van der Waals surface area contributed by atoms with Crippen molar-refractivity contribution in [2.45, 2.75) is 64.3 Å². The fourth-order valence-corrected chi connectivity index (χ4v) is 3.33. The van der Waals surface area contributed by atoms with Crippen molar-refractivity contribution in [2.24, 2.45) is 5.92 Å². The molecule has 1 fully saturated rings. The number of amides is 1. The summed E-state index contributed by atoms with van der Waals surface area (Å²) in [5.41, 5.74) is 0.00612. The molecular formula is C18H25F2NO. The van der Waals surface area contributed by atoms with Gasteiger partial charge in [0.25, 0.3) is 0 Å². The van der Waals surface area contributed by atoms with E-state index in [1.807, 2.05) is 0 Å². The van der Waals surface area contributed by atoms with Crippen LogP contribution in [0, 0.1) is 17.6 Å². The van der Waals surface area contributed by atoms with E-state index in [0.717, 1.165) is 19.3 Å². The minimum atomic E-state index is -0.575. The number of carbonyl (C=O) groups excluding carboxylic acids is 1. The van der Waals surface area contributed by atoms with Crippen molar-refractivity contribution >= 4 is 5.91 Å². The molecule has 0 aromatic heterocycles. The Kier molecular flexibility index (Phi) is 6.34. The van der Waals surface area contributed by atoms with Crippen LogP contribution in [0.15, 0.2) is 18.2 Å². The Bertz CT molecular complexity index is 484. The molecule has 0 spiro atoms. The third-order valence-electron chi connectivity index (χ3n) is 4.60.